The minimum atomic E-state index is -0.517. The van der Waals surface area contributed by atoms with Gasteiger partial charge in [0.25, 0.3) is 5.69 Å². The molecule has 0 heterocycles. The Morgan fingerprint density at radius 3 is 2.70 bits per heavy atom. The fraction of sp³-hybridized carbons (Fsp3) is 0.462. The van der Waals surface area contributed by atoms with Crippen LogP contribution in [0.5, 0.6) is 0 Å². The third-order valence-electron chi connectivity index (χ3n) is 2.73. The quantitative estimate of drug-likeness (QED) is 0.599. The molecule has 0 saturated carbocycles. The Labute approximate surface area is 122 Å². The molecule has 110 valence electrons. The van der Waals surface area contributed by atoms with E-state index in [-0.39, 0.29) is 16.6 Å². The van der Waals surface area contributed by atoms with Crippen LogP contribution >= 0.6 is 11.6 Å². The fourth-order valence-electron chi connectivity index (χ4n) is 1.66. The Morgan fingerprint density at radius 2 is 2.10 bits per heavy atom. The minimum Gasteiger partial charge on any atom is -0.384 e. The molecule has 0 aliphatic rings. The largest absolute Gasteiger partial charge is 0.384 e. The van der Waals surface area contributed by atoms with Gasteiger partial charge in [0.1, 0.15) is 5.02 Å². The first-order valence-electron chi connectivity index (χ1n) is 6.40. The van der Waals surface area contributed by atoms with Crippen LogP contribution in [0, 0.1) is 17.0 Å². The van der Waals surface area contributed by atoms with Gasteiger partial charge in [-0.25, -0.2) is 0 Å². The first-order chi connectivity index (χ1) is 9.45. The molecule has 6 nitrogen and oxygen atoms in total. The van der Waals surface area contributed by atoms with Gasteiger partial charge in [0, 0.05) is 31.3 Å². The Balaban J connectivity index is 2.59. The topological polar surface area (TPSA) is 84.3 Å². The number of nitro benzene ring substituents is 1. The summed E-state index contributed by atoms with van der Waals surface area (Å²) in [5.41, 5.74) is 1.30. The first kappa shape index (κ1) is 16.2. The lowest BCUT2D eigenvalue weighted by atomic mass is 10.1. The van der Waals surface area contributed by atoms with Gasteiger partial charge in [-0.15, -0.1) is 0 Å². The average molecular weight is 300 g/mol. The molecule has 1 amide bonds. The number of aryl methyl sites for hydroxylation is 1. The molecule has 2 N–H and O–H groups in total. The maximum atomic E-state index is 11.4. The van der Waals surface area contributed by atoms with Crippen LogP contribution in [0.3, 0.4) is 0 Å². The van der Waals surface area contributed by atoms with E-state index in [1.54, 1.807) is 6.92 Å². The van der Waals surface area contributed by atoms with Gasteiger partial charge < -0.3 is 10.6 Å². The molecule has 0 aliphatic carbocycles. The SMILES string of the molecule is CCCNC(=O)CCNc1cc(Cl)c([N+](=O)[O-])cc1C. The Hall–Kier alpha value is -1.82. The molecule has 0 spiro atoms. The number of hydrogen-bond acceptors (Lipinski definition) is 4. The zero-order valence-corrected chi connectivity index (χ0v) is 12.3. The van der Waals surface area contributed by atoms with Crippen molar-refractivity contribution >= 4 is 28.9 Å². The van der Waals surface area contributed by atoms with E-state index in [4.69, 9.17) is 11.6 Å². The summed E-state index contributed by atoms with van der Waals surface area (Å²) < 4.78 is 0. The van der Waals surface area contributed by atoms with Crippen molar-refractivity contribution < 1.29 is 9.72 Å². The summed E-state index contributed by atoms with van der Waals surface area (Å²) in [6.45, 7) is 4.86. The maximum absolute atomic E-state index is 11.4. The van der Waals surface area contributed by atoms with Gasteiger partial charge in [-0.05, 0) is 25.0 Å². The lowest BCUT2D eigenvalue weighted by molar-refractivity contribution is -0.384. The molecule has 1 rings (SSSR count). The van der Waals surface area contributed by atoms with Crippen molar-refractivity contribution in [3.63, 3.8) is 0 Å². The molecule has 0 saturated heterocycles. The van der Waals surface area contributed by atoms with E-state index >= 15 is 0 Å². The average Bonchev–Trinajstić information content (AvgIpc) is 2.39. The van der Waals surface area contributed by atoms with E-state index in [1.165, 1.54) is 12.1 Å². The monoisotopic (exact) mass is 299 g/mol. The lowest BCUT2D eigenvalue weighted by Gasteiger charge is -2.10. The summed E-state index contributed by atoms with van der Waals surface area (Å²) in [5, 5.41) is 16.7. The molecule has 0 fully saturated rings. The normalized spacial score (nSPS) is 10.2. The first-order valence-corrected chi connectivity index (χ1v) is 6.78. The number of nitro groups is 1. The number of benzene rings is 1. The highest BCUT2D eigenvalue weighted by Crippen LogP contribution is 2.30. The second-order valence-corrected chi connectivity index (χ2v) is 4.81. The standard InChI is InChI=1S/C13H18ClN3O3/c1-3-5-16-13(18)4-6-15-11-8-10(14)12(17(19)20)7-9(11)2/h7-8,15H,3-6H2,1-2H3,(H,16,18). The second kappa shape index (κ2) is 7.69. The number of nitrogens with one attached hydrogen (secondary N) is 2. The summed E-state index contributed by atoms with van der Waals surface area (Å²) in [7, 11) is 0. The minimum absolute atomic E-state index is 0.0231. The molecular formula is C13H18ClN3O3. The number of carbonyl (C=O) groups excluding carboxylic acids is 1. The van der Waals surface area contributed by atoms with Crippen LogP contribution in [-0.4, -0.2) is 23.9 Å². The zero-order valence-electron chi connectivity index (χ0n) is 11.5. The van der Waals surface area contributed by atoms with E-state index in [0.29, 0.717) is 25.2 Å². The van der Waals surface area contributed by atoms with Crippen molar-refractivity contribution in [1.82, 2.24) is 5.32 Å². The van der Waals surface area contributed by atoms with Gasteiger partial charge in [0.2, 0.25) is 5.91 Å². The molecule has 20 heavy (non-hydrogen) atoms. The van der Waals surface area contributed by atoms with Crippen LogP contribution in [0.15, 0.2) is 12.1 Å². The van der Waals surface area contributed by atoms with Crippen molar-refractivity contribution in [2.45, 2.75) is 26.7 Å². The van der Waals surface area contributed by atoms with Crippen molar-refractivity contribution in [2.24, 2.45) is 0 Å². The smallest absolute Gasteiger partial charge is 0.288 e. The zero-order chi connectivity index (χ0) is 15.1. The Morgan fingerprint density at radius 1 is 1.40 bits per heavy atom. The number of hydrogen-bond donors (Lipinski definition) is 2. The number of rotatable bonds is 7. The van der Waals surface area contributed by atoms with Crippen molar-refractivity contribution in [1.29, 1.82) is 0 Å². The van der Waals surface area contributed by atoms with E-state index in [1.807, 2.05) is 6.92 Å². The van der Waals surface area contributed by atoms with Gasteiger partial charge in [0.15, 0.2) is 0 Å². The third-order valence-corrected chi connectivity index (χ3v) is 3.03. The highest BCUT2D eigenvalue weighted by Gasteiger charge is 2.14. The molecule has 0 radical (unpaired) electrons. The van der Waals surface area contributed by atoms with Gasteiger partial charge >= 0.3 is 0 Å². The predicted molar refractivity (Wildman–Crippen MR) is 79.3 cm³/mol. The van der Waals surface area contributed by atoms with Crippen LogP contribution in [0.2, 0.25) is 5.02 Å². The van der Waals surface area contributed by atoms with Crippen LogP contribution < -0.4 is 10.6 Å². The van der Waals surface area contributed by atoms with Crippen molar-refractivity contribution in [3.05, 3.63) is 32.8 Å². The number of nitrogens with zero attached hydrogens (tertiary/aromatic N) is 1. The molecule has 0 atom stereocenters. The maximum Gasteiger partial charge on any atom is 0.288 e. The van der Waals surface area contributed by atoms with Crippen molar-refractivity contribution in [2.75, 3.05) is 18.4 Å². The van der Waals surface area contributed by atoms with Gasteiger partial charge in [-0.1, -0.05) is 18.5 Å². The fourth-order valence-corrected chi connectivity index (χ4v) is 1.89. The van der Waals surface area contributed by atoms with E-state index in [0.717, 1.165) is 12.0 Å². The number of halogens is 1. The third kappa shape index (κ3) is 4.70. The van der Waals surface area contributed by atoms with Crippen LogP contribution in [0.4, 0.5) is 11.4 Å². The second-order valence-electron chi connectivity index (χ2n) is 4.40. The molecule has 1 aromatic rings. The molecule has 0 unspecified atom stereocenters. The number of anilines is 1. The summed E-state index contributed by atoms with van der Waals surface area (Å²) in [5.74, 6) is -0.0231. The van der Waals surface area contributed by atoms with Crippen LogP contribution in [0.25, 0.3) is 0 Å². The molecule has 7 heteroatoms. The van der Waals surface area contributed by atoms with Crippen molar-refractivity contribution in [3.8, 4) is 0 Å². The predicted octanol–water partition coefficient (Wildman–Crippen LogP) is 2.88. The molecule has 0 aromatic heterocycles. The Kier molecular flexibility index (Phi) is 6.24. The van der Waals surface area contributed by atoms with Gasteiger partial charge in [0.05, 0.1) is 4.92 Å². The highest BCUT2D eigenvalue weighted by atomic mass is 35.5. The summed E-state index contributed by atoms with van der Waals surface area (Å²) in [4.78, 5) is 21.6. The van der Waals surface area contributed by atoms with Crippen LogP contribution in [-0.2, 0) is 4.79 Å². The summed E-state index contributed by atoms with van der Waals surface area (Å²) in [6.07, 6.45) is 1.24. The highest BCUT2D eigenvalue weighted by molar-refractivity contribution is 6.33. The number of carbonyl (C=O) groups is 1. The van der Waals surface area contributed by atoms with Gasteiger partial charge in [-0.3, -0.25) is 14.9 Å². The summed E-state index contributed by atoms with van der Waals surface area (Å²) >= 11 is 5.85. The van der Waals surface area contributed by atoms with Gasteiger partial charge in [-0.2, -0.15) is 0 Å². The number of amides is 1. The molecule has 0 aliphatic heterocycles. The summed E-state index contributed by atoms with van der Waals surface area (Å²) in [6, 6.07) is 2.93. The molecular weight excluding hydrogens is 282 g/mol. The van der Waals surface area contributed by atoms with E-state index in [2.05, 4.69) is 10.6 Å². The molecule has 1 aromatic carbocycles. The van der Waals surface area contributed by atoms with Crippen LogP contribution in [0.1, 0.15) is 25.3 Å². The lowest BCUT2D eigenvalue weighted by Crippen LogP contribution is -2.25. The molecule has 0 bridgehead atoms. The van der Waals surface area contributed by atoms with E-state index in [9.17, 15) is 14.9 Å². The van der Waals surface area contributed by atoms with E-state index < -0.39 is 4.92 Å². The Bertz CT molecular complexity index is 506.